The molecule has 0 atom stereocenters. The molecule has 2 heterocycles. The van der Waals surface area contributed by atoms with Crippen LogP contribution in [-0.4, -0.2) is 26.1 Å². The number of methoxy groups -OCH3 is 1. The molecule has 0 aromatic carbocycles. The van der Waals surface area contributed by atoms with Crippen molar-refractivity contribution in [2.45, 2.75) is 26.1 Å². The van der Waals surface area contributed by atoms with Crippen LogP contribution in [0, 0.1) is 0 Å². The Morgan fingerprint density at radius 3 is 2.72 bits per heavy atom. The first kappa shape index (κ1) is 12.8. The Hall–Kier alpha value is -1.62. The van der Waals surface area contributed by atoms with Gasteiger partial charge in [-0.15, -0.1) is 0 Å². The summed E-state index contributed by atoms with van der Waals surface area (Å²) in [4.78, 5) is 15.4. The normalized spacial score (nSPS) is 11.8. The molecule has 0 radical (unpaired) electrons. The number of hydrogen-bond donors (Lipinski definition) is 0. The summed E-state index contributed by atoms with van der Waals surface area (Å²) in [6.07, 6.45) is 1.87. The molecule has 0 spiro atoms. The smallest absolute Gasteiger partial charge is 0.311 e. The van der Waals surface area contributed by atoms with E-state index in [4.69, 9.17) is 4.42 Å². The van der Waals surface area contributed by atoms with E-state index in [1.165, 1.54) is 7.11 Å². The second kappa shape index (κ2) is 4.57. The standard InChI is InChI=1S/C13H17NO3Si/c1-16-12(15)7-10-5-9-6-13(18(2,3)4)17-11(9)8-14-10/h5-6,8H,7H2,1-4H3. The molecule has 4 nitrogen and oxygen atoms in total. The number of fused-ring (bicyclic) bond motifs is 1. The van der Waals surface area contributed by atoms with Gasteiger partial charge in [0.1, 0.15) is 8.07 Å². The molecule has 0 saturated carbocycles. The third kappa shape index (κ3) is 2.61. The molecule has 0 amide bonds. The van der Waals surface area contributed by atoms with Crippen LogP contribution in [0.15, 0.2) is 22.7 Å². The summed E-state index contributed by atoms with van der Waals surface area (Å²) >= 11 is 0. The van der Waals surface area contributed by atoms with Gasteiger partial charge in [0.2, 0.25) is 0 Å². The predicted molar refractivity (Wildman–Crippen MR) is 72.7 cm³/mol. The summed E-state index contributed by atoms with van der Waals surface area (Å²) in [7, 11) is -0.0818. The Morgan fingerprint density at radius 1 is 1.39 bits per heavy atom. The molecule has 18 heavy (non-hydrogen) atoms. The fourth-order valence-corrected chi connectivity index (χ4v) is 2.68. The van der Waals surface area contributed by atoms with Crippen molar-refractivity contribution >= 4 is 30.4 Å². The van der Waals surface area contributed by atoms with Crippen LogP contribution in [0.2, 0.25) is 19.6 Å². The van der Waals surface area contributed by atoms with E-state index in [1.807, 2.05) is 6.07 Å². The monoisotopic (exact) mass is 263 g/mol. The molecule has 2 rings (SSSR count). The van der Waals surface area contributed by atoms with Crippen LogP contribution >= 0.6 is 0 Å². The van der Waals surface area contributed by atoms with Gasteiger partial charge in [-0.1, -0.05) is 19.6 Å². The largest absolute Gasteiger partial charge is 0.469 e. The van der Waals surface area contributed by atoms with Crippen molar-refractivity contribution in [2.24, 2.45) is 0 Å². The van der Waals surface area contributed by atoms with Gasteiger partial charge >= 0.3 is 5.97 Å². The molecule has 0 N–H and O–H groups in total. The van der Waals surface area contributed by atoms with Gasteiger partial charge in [-0.25, -0.2) is 0 Å². The lowest BCUT2D eigenvalue weighted by molar-refractivity contribution is -0.139. The molecule has 0 saturated heterocycles. The maximum absolute atomic E-state index is 11.2. The maximum atomic E-state index is 11.2. The predicted octanol–water partition coefficient (Wildman–Crippen LogP) is 2.09. The average Bonchev–Trinajstić information content (AvgIpc) is 2.71. The number of carbonyl (C=O) groups is 1. The highest BCUT2D eigenvalue weighted by Crippen LogP contribution is 2.17. The third-order valence-corrected chi connectivity index (χ3v) is 4.48. The molecule has 2 aromatic heterocycles. The average molecular weight is 263 g/mol. The van der Waals surface area contributed by atoms with Crippen molar-refractivity contribution in [3.8, 4) is 0 Å². The Bertz CT molecular complexity index is 583. The minimum absolute atomic E-state index is 0.194. The lowest BCUT2D eigenvalue weighted by Crippen LogP contribution is -2.36. The quantitative estimate of drug-likeness (QED) is 0.628. The van der Waals surface area contributed by atoms with Gasteiger partial charge in [-0.05, 0) is 12.1 Å². The van der Waals surface area contributed by atoms with Crippen molar-refractivity contribution < 1.29 is 13.9 Å². The summed E-state index contributed by atoms with van der Waals surface area (Å²) in [5.41, 5.74) is 1.48. The van der Waals surface area contributed by atoms with Gasteiger partial charge in [-0.2, -0.15) is 0 Å². The molecule has 2 aromatic rings. The highest BCUT2D eigenvalue weighted by molar-refractivity contribution is 6.87. The van der Waals surface area contributed by atoms with Gasteiger partial charge in [0.05, 0.1) is 30.8 Å². The first-order valence-corrected chi connectivity index (χ1v) is 9.36. The third-order valence-electron chi connectivity index (χ3n) is 2.75. The summed E-state index contributed by atoms with van der Waals surface area (Å²) in [6.45, 7) is 6.69. The minimum atomic E-state index is -1.46. The molecule has 0 aliphatic rings. The van der Waals surface area contributed by atoms with E-state index < -0.39 is 8.07 Å². The van der Waals surface area contributed by atoms with Gasteiger partial charge in [0.25, 0.3) is 0 Å². The van der Waals surface area contributed by atoms with Crippen molar-refractivity contribution in [1.29, 1.82) is 0 Å². The molecule has 0 aliphatic carbocycles. The van der Waals surface area contributed by atoms with Crippen LogP contribution in [0.3, 0.4) is 0 Å². The Labute approximate surface area is 107 Å². The van der Waals surface area contributed by atoms with E-state index in [-0.39, 0.29) is 12.4 Å². The molecular weight excluding hydrogens is 246 g/mol. The number of furan rings is 1. The Morgan fingerprint density at radius 2 is 2.11 bits per heavy atom. The van der Waals surface area contributed by atoms with Gasteiger partial charge in [0.15, 0.2) is 5.58 Å². The number of rotatable bonds is 3. The van der Waals surface area contributed by atoms with Crippen LogP contribution in [-0.2, 0) is 16.0 Å². The van der Waals surface area contributed by atoms with E-state index >= 15 is 0 Å². The summed E-state index contributed by atoms with van der Waals surface area (Å²) < 4.78 is 10.4. The number of ether oxygens (including phenoxy) is 1. The van der Waals surface area contributed by atoms with Crippen LogP contribution in [0.4, 0.5) is 0 Å². The number of hydrogen-bond acceptors (Lipinski definition) is 4. The molecule has 0 aliphatic heterocycles. The lowest BCUT2D eigenvalue weighted by atomic mass is 10.2. The molecule has 0 unspecified atom stereocenters. The fraction of sp³-hybridized carbons (Fsp3) is 0.385. The van der Waals surface area contributed by atoms with E-state index in [0.29, 0.717) is 5.69 Å². The zero-order valence-corrected chi connectivity index (χ0v) is 12.1. The molecular formula is C13H17NO3Si. The fourth-order valence-electron chi connectivity index (χ4n) is 1.68. The molecule has 0 bridgehead atoms. The highest BCUT2D eigenvalue weighted by atomic mass is 28.3. The molecule has 0 fully saturated rings. The number of esters is 1. The van der Waals surface area contributed by atoms with Crippen LogP contribution in [0.25, 0.3) is 11.0 Å². The second-order valence-electron chi connectivity index (χ2n) is 5.33. The zero-order valence-electron chi connectivity index (χ0n) is 11.1. The topological polar surface area (TPSA) is 52.3 Å². The van der Waals surface area contributed by atoms with Crippen LogP contribution in [0.1, 0.15) is 5.69 Å². The van der Waals surface area contributed by atoms with Crippen molar-refractivity contribution in [3.63, 3.8) is 0 Å². The summed E-state index contributed by atoms with van der Waals surface area (Å²) in [5, 5.41) is 2.05. The van der Waals surface area contributed by atoms with E-state index in [9.17, 15) is 4.79 Å². The molecule has 96 valence electrons. The maximum Gasteiger partial charge on any atom is 0.311 e. The zero-order chi connectivity index (χ0) is 13.3. The number of aromatic nitrogens is 1. The van der Waals surface area contributed by atoms with E-state index in [2.05, 4.69) is 35.4 Å². The highest BCUT2D eigenvalue weighted by Gasteiger charge is 2.21. The minimum Gasteiger partial charge on any atom is -0.469 e. The Balaban J connectivity index is 2.37. The van der Waals surface area contributed by atoms with Gasteiger partial charge < -0.3 is 9.15 Å². The van der Waals surface area contributed by atoms with Gasteiger partial charge in [0, 0.05) is 5.39 Å². The van der Waals surface area contributed by atoms with Crippen molar-refractivity contribution in [3.05, 3.63) is 24.0 Å². The Kier molecular flexibility index (Phi) is 3.25. The lowest BCUT2D eigenvalue weighted by Gasteiger charge is -2.10. The second-order valence-corrected chi connectivity index (χ2v) is 10.3. The first-order valence-electron chi connectivity index (χ1n) is 5.86. The summed E-state index contributed by atoms with van der Waals surface area (Å²) in [5.74, 6) is -0.282. The van der Waals surface area contributed by atoms with E-state index in [0.717, 1.165) is 16.4 Å². The molecule has 5 heteroatoms. The number of carbonyl (C=O) groups excluding carboxylic acids is 1. The summed E-state index contributed by atoms with van der Waals surface area (Å²) in [6, 6.07) is 3.95. The van der Waals surface area contributed by atoms with E-state index in [1.54, 1.807) is 6.20 Å². The number of pyridine rings is 1. The SMILES string of the molecule is COC(=O)Cc1cc2cc([Si](C)(C)C)oc2cn1. The van der Waals surface area contributed by atoms with Crippen molar-refractivity contribution in [2.75, 3.05) is 7.11 Å². The van der Waals surface area contributed by atoms with Gasteiger partial charge in [-0.3, -0.25) is 9.78 Å². The van der Waals surface area contributed by atoms with Crippen LogP contribution in [0.5, 0.6) is 0 Å². The first-order chi connectivity index (χ1) is 8.40. The number of nitrogens with zero attached hydrogens (tertiary/aromatic N) is 1. The van der Waals surface area contributed by atoms with Crippen LogP contribution < -0.4 is 5.38 Å². The van der Waals surface area contributed by atoms with Crippen molar-refractivity contribution in [1.82, 2.24) is 4.98 Å².